The molecule has 15 aromatic carbocycles. The normalized spacial score (nSPS) is 10.4. The average Bonchev–Trinajstić information content (AvgIpc) is 0.748. The molecule has 0 unspecified atom stereocenters. The number of rotatable bonds is 29. The molecular formula is C117H98O3. The maximum Gasteiger partial charge on any atom is 0.127 e. The summed E-state index contributed by atoms with van der Waals surface area (Å²) in [6.45, 7) is 51.2. The van der Waals surface area contributed by atoms with Gasteiger partial charge in [-0.3, -0.25) is 0 Å². The molecule has 0 N–H and O–H groups in total. The topological polar surface area (TPSA) is 27.7 Å². The van der Waals surface area contributed by atoms with Crippen LogP contribution in [-0.2, 0) is 19.8 Å². The van der Waals surface area contributed by atoms with Crippen LogP contribution in [0, 0.1) is 0 Å². The van der Waals surface area contributed by atoms with E-state index in [1.165, 1.54) is 88.7 Å². The van der Waals surface area contributed by atoms with E-state index in [0.29, 0.717) is 37.1 Å². The van der Waals surface area contributed by atoms with Gasteiger partial charge in [0.15, 0.2) is 0 Å². The zero-order valence-corrected chi connectivity index (χ0v) is 68.1. The van der Waals surface area contributed by atoms with E-state index >= 15 is 0 Å². The Bertz CT molecular complexity index is 5610. The lowest BCUT2D eigenvalue weighted by Gasteiger charge is -2.17. The first-order valence-corrected chi connectivity index (χ1v) is 39.8. The van der Waals surface area contributed by atoms with Gasteiger partial charge in [-0.15, -0.1) is 0 Å². The number of hydrogen-bond donors (Lipinski definition) is 0. The van der Waals surface area contributed by atoms with Gasteiger partial charge in [0.2, 0.25) is 0 Å². The van der Waals surface area contributed by atoms with Crippen LogP contribution >= 0.6 is 0 Å². The Morgan fingerprint density at radius 1 is 0.150 bits per heavy atom. The van der Waals surface area contributed by atoms with E-state index in [2.05, 4.69) is 298 Å². The fraction of sp³-hybridized carbons (Fsp3) is 0.0256. The van der Waals surface area contributed by atoms with Crippen molar-refractivity contribution in [1.82, 2.24) is 0 Å². The quantitative estimate of drug-likeness (QED) is 0.0468. The Kier molecular flexibility index (Phi) is 29.2. The SMILES string of the molecule is C=Cc1cc(C=C)cc(C=C)c1.C=Cc1ccc(-c2cc(-c3ccc(C=C)cc3)c3cc(-c4ccc(C=C)cc4)cc(-c4ccc(C=C)cc4)c3c2)cc1.C=Cc1ccc(-c2cc(-c3ccc(C=C)cc3)cc(-c3ccc(C=C)cc3)c2)cc1.C=Cc1ccc(COc2cc(OCc3ccc(C=C)cc3)cc(OCc3ccc(C=C)cc3)c2)cc1. The van der Waals surface area contributed by atoms with Crippen LogP contribution in [0.1, 0.15) is 89.0 Å². The number of ether oxygens (including phenoxy) is 3. The second kappa shape index (κ2) is 41.7. The van der Waals surface area contributed by atoms with Gasteiger partial charge in [0.1, 0.15) is 37.1 Å². The van der Waals surface area contributed by atoms with Gasteiger partial charge < -0.3 is 14.2 Å². The molecule has 3 heteroatoms. The number of benzene rings is 15. The fourth-order valence-electron chi connectivity index (χ4n) is 13.7. The Hall–Kier alpha value is -15.4. The van der Waals surface area contributed by atoms with Crippen LogP contribution in [0.5, 0.6) is 17.2 Å². The van der Waals surface area contributed by atoms with Gasteiger partial charge in [0, 0.05) is 18.2 Å². The lowest BCUT2D eigenvalue weighted by Crippen LogP contribution is -2.00. The highest BCUT2D eigenvalue weighted by molar-refractivity contribution is 6.09. The molecule has 0 aliphatic rings. The van der Waals surface area contributed by atoms with Crippen LogP contribution in [-0.4, -0.2) is 0 Å². The van der Waals surface area contributed by atoms with Crippen molar-refractivity contribution in [2.45, 2.75) is 19.8 Å². The van der Waals surface area contributed by atoms with Gasteiger partial charge >= 0.3 is 0 Å². The van der Waals surface area contributed by atoms with Crippen LogP contribution < -0.4 is 14.2 Å². The number of fused-ring (bicyclic) bond motifs is 1. The molecule has 15 aromatic rings. The summed E-state index contributed by atoms with van der Waals surface area (Å²) in [6.07, 6.45) is 24.1. The monoisotopic (exact) mass is 1550 g/mol. The standard InChI is InChI=1S/C42H32.C33H30O3.C30H24.C12H12/c1-5-29-9-17-33(18-10-29)37-25-39(35-21-13-31(7-3)14-22-35)42-28-38(34-19-11-30(6-2)12-20-34)26-40(41(42)27-37)36-23-15-32(8-4)16-24-36;1-4-25-7-13-28(14-8-25)22-34-31-19-32(35-23-29-15-9-26(5-2)10-16-29)21-33(20-31)36-24-30-17-11-27(6-3)12-18-30;1-4-22-7-13-25(14-8-22)28-19-29(26-15-9-23(5-2)10-16-26)21-30(20-28)27-17-11-24(6-3)12-18-27;1-4-10-7-11(5-2)9-12(6-3)8-10/h5-28H,1-4H2;4-21H,1-3,22-24H2;4-21H,1-3H2;4-9H,1-3H2. The van der Waals surface area contributed by atoms with Gasteiger partial charge in [-0.2, -0.15) is 0 Å². The predicted octanol–water partition coefficient (Wildman–Crippen LogP) is 32.7. The third-order valence-electron chi connectivity index (χ3n) is 20.7. The summed E-state index contributed by atoms with van der Waals surface area (Å²) in [4.78, 5) is 0. The van der Waals surface area contributed by atoms with Crippen molar-refractivity contribution in [1.29, 1.82) is 0 Å². The largest absolute Gasteiger partial charge is 0.489 e. The zero-order chi connectivity index (χ0) is 84.1. The highest BCUT2D eigenvalue weighted by Crippen LogP contribution is 2.43. The third kappa shape index (κ3) is 22.4. The van der Waals surface area contributed by atoms with Crippen LogP contribution in [0.3, 0.4) is 0 Å². The molecule has 0 spiro atoms. The molecule has 0 aliphatic carbocycles. The average molecular weight is 1550 g/mol. The van der Waals surface area contributed by atoms with E-state index in [0.717, 1.165) is 89.0 Å². The first kappa shape index (κ1) is 84.0. The molecule has 0 aromatic heterocycles. The molecule has 0 radical (unpaired) electrons. The lowest BCUT2D eigenvalue weighted by atomic mass is 9.86. The highest BCUT2D eigenvalue weighted by Gasteiger charge is 2.17. The summed E-state index contributed by atoms with van der Waals surface area (Å²) in [5, 5.41) is 2.42. The molecule has 0 bridgehead atoms. The highest BCUT2D eigenvalue weighted by atomic mass is 16.5. The van der Waals surface area contributed by atoms with E-state index < -0.39 is 0 Å². The minimum Gasteiger partial charge on any atom is -0.489 e. The maximum absolute atomic E-state index is 6.10. The lowest BCUT2D eigenvalue weighted by molar-refractivity contribution is 0.274. The van der Waals surface area contributed by atoms with Crippen molar-refractivity contribution in [3.8, 4) is 95.1 Å². The second-order valence-corrected chi connectivity index (χ2v) is 28.6. The summed E-state index contributed by atoms with van der Waals surface area (Å²) in [5.41, 5.74) is 34.1. The van der Waals surface area contributed by atoms with Crippen LogP contribution in [0.25, 0.3) is 168 Å². The molecular weight excluding hydrogens is 1450 g/mol. The molecule has 584 valence electrons. The van der Waals surface area contributed by atoms with Gasteiger partial charge in [0.05, 0.1) is 0 Å². The maximum atomic E-state index is 6.10. The van der Waals surface area contributed by atoms with E-state index in [4.69, 9.17) is 14.2 Å². The number of hydrogen-bond acceptors (Lipinski definition) is 3. The first-order chi connectivity index (χ1) is 58.7. The molecule has 120 heavy (non-hydrogen) atoms. The van der Waals surface area contributed by atoms with Crippen molar-refractivity contribution < 1.29 is 14.2 Å². The van der Waals surface area contributed by atoms with Crippen LogP contribution in [0.4, 0.5) is 0 Å². The zero-order valence-electron chi connectivity index (χ0n) is 68.1. The van der Waals surface area contributed by atoms with Crippen molar-refractivity contribution in [2.24, 2.45) is 0 Å². The van der Waals surface area contributed by atoms with E-state index in [9.17, 15) is 0 Å². The molecule has 0 fully saturated rings. The summed E-state index contributed by atoms with van der Waals surface area (Å²) in [5.74, 6) is 2.04. The molecule has 0 saturated carbocycles. The third-order valence-corrected chi connectivity index (χ3v) is 20.7. The van der Waals surface area contributed by atoms with Crippen molar-refractivity contribution in [2.75, 3.05) is 0 Å². The van der Waals surface area contributed by atoms with Gasteiger partial charge in [-0.05, 0) is 238 Å². The van der Waals surface area contributed by atoms with Crippen molar-refractivity contribution in [3.05, 3.63) is 496 Å². The minimum atomic E-state index is 0.437. The molecule has 15 rings (SSSR count). The molecule has 0 aliphatic heterocycles. The molecule has 0 amide bonds. The fourth-order valence-corrected chi connectivity index (χ4v) is 13.7. The Morgan fingerprint density at radius 3 is 0.500 bits per heavy atom. The summed E-state index contributed by atoms with van der Waals surface area (Å²) >= 11 is 0. The second-order valence-electron chi connectivity index (χ2n) is 28.6. The molecule has 0 heterocycles. The summed E-state index contributed by atoms with van der Waals surface area (Å²) in [7, 11) is 0. The Balaban J connectivity index is 0.000000156. The van der Waals surface area contributed by atoms with Crippen LogP contribution in [0.15, 0.2) is 407 Å². The van der Waals surface area contributed by atoms with E-state index in [1.807, 2.05) is 188 Å². The van der Waals surface area contributed by atoms with Crippen molar-refractivity contribution in [3.63, 3.8) is 0 Å². The summed E-state index contributed by atoms with van der Waals surface area (Å²) in [6, 6.07) is 112. The Morgan fingerprint density at radius 2 is 0.317 bits per heavy atom. The molecule has 0 atom stereocenters. The smallest absolute Gasteiger partial charge is 0.127 e. The van der Waals surface area contributed by atoms with Crippen LogP contribution in [0.2, 0.25) is 0 Å². The van der Waals surface area contributed by atoms with E-state index in [-0.39, 0.29) is 0 Å². The Labute approximate surface area is 710 Å². The van der Waals surface area contributed by atoms with Gasteiger partial charge in [0.25, 0.3) is 0 Å². The van der Waals surface area contributed by atoms with Gasteiger partial charge in [-0.25, -0.2) is 0 Å². The predicted molar refractivity (Wildman–Crippen MR) is 525 cm³/mol. The molecule has 3 nitrogen and oxygen atoms in total. The van der Waals surface area contributed by atoms with Gasteiger partial charge in [-0.1, -0.05) is 407 Å². The van der Waals surface area contributed by atoms with Crippen molar-refractivity contribution >= 4 is 89.8 Å². The minimum absolute atomic E-state index is 0.437. The van der Waals surface area contributed by atoms with E-state index in [1.54, 1.807) is 0 Å². The summed E-state index contributed by atoms with van der Waals surface area (Å²) < 4.78 is 18.3. The first-order valence-electron chi connectivity index (χ1n) is 39.8. The molecule has 0 saturated heterocycles.